The summed E-state index contributed by atoms with van der Waals surface area (Å²) in [6, 6.07) is 22.2. The van der Waals surface area contributed by atoms with Gasteiger partial charge in [0.05, 0.1) is 31.6 Å². The van der Waals surface area contributed by atoms with Crippen LogP contribution in [0.3, 0.4) is 0 Å². The zero-order valence-electron chi connectivity index (χ0n) is 19.1. The molecule has 168 valence electrons. The number of aryl methyl sites for hydroxylation is 1. The molecule has 2 atom stereocenters. The fraction of sp³-hybridized carbons (Fsp3) is 0.250. The molecule has 1 aliphatic heterocycles. The predicted molar refractivity (Wildman–Crippen MR) is 131 cm³/mol. The van der Waals surface area contributed by atoms with E-state index in [-0.39, 0.29) is 17.7 Å². The van der Waals surface area contributed by atoms with Crippen LogP contribution in [0.5, 0.6) is 11.5 Å². The van der Waals surface area contributed by atoms with Gasteiger partial charge in [0.15, 0.2) is 17.3 Å². The first kappa shape index (κ1) is 21.1. The zero-order chi connectivity index (χ0) is 22.9. The molecule has 5 nitrogen and oxygen atoms in total. The molecule has 0 saturated carbocycles. The Kier molecular flexibility index (Phi) is 5.55. The minimum absolute atomic E-state index is 0.153. The minimum Gasteiger partial charge on any atom is -0.493 e. The van der Waals surface area contributed by atoms with E-state index in [9.17, 15) is 4.79 Å². The molecule has 0 amide bonds. The van der Waals surface area contributed by atoms with Crippen LogP contribution in [0.15, 0.2) is 78.0 Å². The first-order valence-electron chi connectivity index (χ1n) is 11.2. The molecule has 3 aromatic carbocycles. The molecule has 0 saturated heterocycles. The lowest BCUT2D eigenvalue weighted by Gasteiger charge is -2.30. The fourth-order valence-corrected chi connectivity index (χ4v) is 4.85. The van der Waals surface area contributed by atoms with Crippen molar-refractivity contribution < 1.29 is 14.3 Å². The van der Waals surface area contributed by atoms with Crippen LogP contribution in [0.4, 0.5) is 11.4 Å². The van der Waals surface area contributed by atoms with Crippen molar-refractivity contribution in [1.29, 1.82) is 0 Å². The third-order valence-corrected chi connectivity index (χ3v) is 6.60. The zero-order valence-corrected chi connectivity index (χ0v) is 19.1. The van der Waals surface area contributed by atoms with E-state index < -0.39 is 0 Å². The van der Waals surface area contributed by atoms with Gasteiger partial charge in [0.1, 0.15) is 0 Å². The van der Waals surface area contributed by atoms with Crippen molar-refractivity contribution in [3.05, 3.63) is 94.7 Å². The van der Waals surface area contributed by atoms with Gasteiger partial charge in [0.2, 0.25) is 0 Å². The van der Waals surface area contributed by atoms with Crippen LogP contribution < -0.4 is 20.1 Å². The smallest absolute Gasteiger partial charge is 0.163 e. The Morgan fingerprint density at radius 3 is 2.24 bits per heavy atom. The highest BCUT2D eigenvalue weighted by atomic mass is 16.5. The molecule has 2 N–H and O–H groups in total. The molecule has 2 aliphatic rings. The second-order valence-corrected chi connectivity index (χ2v) is 8.69. The summed E-state index contributed by atoms with van der Waals surface area (Å²) in [6.07, 6.45) is 1.27. The van der Waals surface area contributed by atoms with Crippen molar-refractivity contribution in [2.75, 3.05) is 24.9 Å². The number of anilines is 2. The molecule has 0 aromatic heterocycles. The Labute approximate surface area is 194 Å². The van der Waals surface area contributed by atoms with Gasteiger partial charge in [-0.2, -0.15) is 0 Å². The Balaban J connectivity index is 1.61. The van der Waals surface area contributed by atoms with Crippen LogP contribution in [0, 0.1) is 6.92 Å². The number of carbonyl (C=O) groups excluding carboxylic acids is 1. The standard InChI is InChI=1S/C28H28N2O3/c1-17-8-10-18(11-9-17)20-14-23-27(24(31)15-20)28(30-22-7-5-4-6-21(22)29-23)19-12-13-25(32-2)26(16-19)33-3/h4-13,16,20,28-30H,14-15H2,1-3H3. The molecular weight excluding hydrogens is 412 g/mol. The third-order valence-electron chi connectivity index (χ3n) is 6.60. The summed E-state index contributed by atoms with van der Waals surface area (Å²) in [4.78, 5) is 13.7. The maximum Gasteiger partial charge on any atom is 0.163 e. The Morgan fingerprint density at radius 1 is 0.818 bits per heavy atom. The van der Waals surface area contributed by atoms with E-state index in [0.717, 1.165) is 34.6 Å². The normalized spacial score (nSPS) is 19.5. The van der Waals surface area contributed by atoms with Crippen LogP contribution in [0.1, 0.15) is 41.5 Å². The van der Waals surface area contributed by atoms with Gasteiger partial charge in [-0.1, -0.05) is 48.0 Å². The maximum atomic E-state index is 13.7. The maximum absolute atomic E-state index is 13.7. The number of benzene rings is 3. The number of ether oxygens (including phenoxy) is 2. The van der Waals surface area contributed by atoms with Crippen LogP contribution in [0.2, 0.25) is 0 Å². The van der Waals surface area contributed by atoms with Gasteiger partial charge < -0.3 is 20.1 Å². The molecule has 3 aromatic rings. The summed E-state index contributed by atoms with van der Waals surface area (Å²) in [7, 11) is 3.25. The van der Waals surface area contributed by atoms with Crippen LogP contribution >= 0.6 is 0 Å². The van der Waals surface area contributed by atoms with E-state index >= 15 is 0 Å². The molecular formula is C28H28N2O3. The SMILES string of the molecule is COc1ccc(C2Nc3ccccc3NC3=C2C(=O)CC(c2ccc(C)cc2)C3)cc1OC. The van der Waals surface area contributed by atoms with Gasteiger partial charge in [0.25, 0.3) is 0 Å². The van der Waals surface area contributed by atoms with E-state index in [2.05, 4.69) is 41.8 Å². The van der Waals surface area contributed by atoms with E-state index in [1.54, 1.807) is 14.2 Å². The number of hydrogen-bond acceptors (Lipinski definition) is 5. The quantitative estimate of drug-likeness (QED) is 0.522. The Morgan fingerprint density at radius 2 is 1.52 bits per heavy atom. The monoisotopic (exact) mass is 440 g/mol. The number of hydrogen-bond donors (Lipinski definition) is 2. The second-order valence-electron chi connectivity index (χ2n) is 8.69. The number of rotatable bonds is 4. The third kappa shape index (κ3) is 3.95. The highest BCUT2D eigenvalue weighted by Gasteiger charge is 2.36. The molecule has 1 heterocycles. The molecule has 1 aliphatic carbocycles. The van der Waals surface area contributed by atoms with Gasteiger partial charge in [-0.3, -0.25) is 4.79 Å². The first-order chi connectivity index (χ1) is 16.1. The average molecular weight is 441 g/mol. The summed E-state index contributed by atoms with van der Waals surface area (Å²) >= 11 is 0. The lowest BCUT2D eigenvalue weighted by atomic mass is 9.78. The second kappa shape index (κ2) is 8.66. The minimum atomic E-state index is -0.289. The van der Waals surface area contributed by atoms with Crippen molar-refractivity contribution in [2.45, 2.75) is 31.7 Å². The van der Waals surface area contributed by atoms with Gasteiger partial charge in [0, 0.05) is 17.7 Å². The van der Waals surface area contributed by atoms with Crippen molar-refractivity contribution in [3.63, 3.8) is 0 Å². The number of ketones is 1. The van der Waals surface area contributed by atoms with Gasteiger partial charge in [-0.25, -0.2) is 0 Å². The van der Waals surface area contributed by atoms with E-state index in [0.29, 0.717) is 17.9 Å². The number of nitrogens with one attached hydrogen (secondary N) is 2. The number of methoxy groups -OCH3 is 2. The molecule has 0 spiro atoms. The van der Waals surface area contributed by atoms with Crippen molar-refractivity contribution in [1.82, 2.24) is 0 Å². The molecule has 5 rings (SSSR count). The largest absolute Gasteiger partial charge is 0.493 e. The Bertz CT molecular complexity index is 1230. The highest BCUT2D eigenvalue weighted by molar-refractivity contribution is 6.01. The highest BCUT2D eigenvalue weighted by Crippen LogP contribution is 2.45. The van der Waals surface area contributed by atoms with Gasteiger partial charge >= 0.3 is 0 Å². The first-order valence-corrected chi connectivity index (χ1v) is 11.2. The fourth-order valence-electron chi connectivity index (χ4n) is 4.85. The molecule has 5 heteroatoms. The predicted octanol–water partition coefficient (Wildman–Crippen LogP) is 5.99. The van der Waals surface area contributed by atoms with Crippen LogP contribution in [-0.2, 0) is 4.79 Å². The van der Waals surface area contributed by atoms with Crippen molar-refractivity contribution >= 4 is 17.2 Å². The summed E-state index contributed by atoms with van der Waals surface area (Å²) in [5.41, 5.74) is 7.10. The number of para-hydroxylation sites is 2. The van der Waals surface area contributed by atoms with Gasteiger partial charge in [-0.05, 0) is 54.7 Å². The molecule has 0 fully saturated rings. The lowest BCUT2D eigenvalue weighted by molar-refractivity contribution is -0.116. The molecule has 33 heavy (non-hydrogen) atoms. The molecule has 0 bridgehead atoms. The number of fused-ring (bicyclic) bond motifs is 1. The Hall–Kier alpha value is -3.73. The lowest BCUT2D eigenvalue weighted by Crippen LogP contribution is -2.26. The van der Waals surface area contributed by atoms with Crippen molar-refractivity contribution in [3.8, 4) is 11.5 Å². The summed E-state index contributed by atoms with van der Waals surface area (Å²) in [5.74, 6) is 1.62. The topological polar surface area (TPSA) is 59.6 Å². The summed E-state index contributed by atoms with van der Waals surface area (Å²) in [5, 5.41) is 7.21. The van der Waals surface area contributed by atoms with E-state index in [1.807, 2.05) is 42.5 Å². The summed E-state index contributed by atoms with van der Waals surface area (Å²) in [6.45, 7) is 2.08. The number of Topliss-reactive ketones (excluding diaryl/α,β-unsaturated/α-hetero) is 1. The van der Waals surface area contributed by atoms with Crippen molar-refractivity contribution in [2.24, 2.45) is 0 Å². The number of allylic oxidation sites excluding steroid dienone is 1. The molecule has 0 radical (unpaired) electrons. The molecule has 2 unspecified atom stereocenters. The van der Waals surface area contributed by atoms with Crippen LogP contribution in [-0.4, -0.2) is 20.0 Å². The summed E-state index contributed by atoms with van der Waals surface area (Å²) < 4.78 is 11.0. The van der Waals surface area contributed by atoms with Crippen LogP contribution in [0.25, 0.3) is 0 Å². The van der Waals surface area contributed by atoms with Gasteiger partial charge in [-0.15, -0.1) is 0 Å². The number of carbonyl (C=O) groups is 1. The average Bonchev–Trinajstić information content (AvgIpc) is 3.01. The van der Waals surface area contributed by atoms with E-state index in [1.165, 1.54) is 11.1 Å². The van der Waals surface area contributed by atoms with E-state index in [4.69, 9.17) is 9.47 Å².